The summed E-state index contributed by atoms with van der Waals surface area (Å²) in [6.45, 7) is 0. The maximum Gasteiger partial charge on any atom is 0.303 e. The van der Waals surface area contributed by atoms with E-state index in [1.165, 1.54) is 0 Å². The smallest absolute Gasteiger partial charge is 0.303 e. The number of aliphatic carboxylic acids is 1. The lowest BCUT2D eigenvalue weighted by Crippen LogP contribution is -2.39. The minimum Gasteiger partial charge on any atom is -0.481 e. The molecule has 88 valence electrons. The first-order chi connectivity index (χ1) is 8.23. The summed E-state index contributed by atoms with van der Waals surface area (Å²) >= 11 is 0. The van der Waals surface area contributed by atoms with Crippen LogP contribution in [-0.2, 0) is 10.5 Å². The molecule has 1 aliphatic rings. The average Bonchev–Trinajstić information content (AvgIpc) is 2.39. The van der Waals surface area contributed by atoms with Crippen molar-refractivity contribution in [3.8, 4) is 0 Å². The first kappa shape index (κ1) is 11.4. The van der Waals surface area contributed by atoms with Crippen molar-refractivity contribution in [2.24, 2.45) is 4.99 Å². The van der Waals surface area contributed by atoms with Crippen LogP contribution >= 0.6 is 0 Å². The summed E-state index contributed by atoms with van der Waals surface area (Å²) in [6.07, 6.45) is 5.79. The third-order valence-electron chi connectivity index (χ3n) is 2.75. The number of benzene rings is 1. The predicted molar refractivity (Wildman–Crippen MR) is 65.8 cm³/mol. The lowest BCUT2D eigenvalue weighted by Gasteiger charge is -2.32. The van der Waals surface area contributed by atoms with Gasteiger partial charge in [-0.25, -0.2) is 0 Å². The molecule has 0 saturated carbocycles. The molecule has 1 aromatic carbocycles. The zero-order valence-corrected chi connectivity index (χ0v) is 9.34. The van der Waals surface area contributed by atoms with Crippen LogP contribution in [0.15, 0.2) is 47.6 Å². The molecule has 0 fully saturated rings. The first-order valence-corrected chi connectivity index (χ1v) is 5.48. The Bertz CT molecular complexity index is 454. The van der Waals surface area contributed by atoms with Crippen molar-refractivity contribution in [1.82, 2.24) is 5.32 Å². The Morgan fingerprint density at radius 1 is 1.35 bits per heavy atom. The third kappa shape index (κ3) is 2.53. The van der Waals surface area contributed by atoms with Crippen molar-refractivity contribution >= 4 is 12.2 Å². The average molecular weight is 230 g/mol. The second kappa shape index (κ2) is 4.82. The summed E-state index contributed by atoms with van der Waals surface area (Å²) < 4.78 is 0. The zero-order valence-electron chi connectivity index (χ0n) is 9.34. The van der Waals surface area contributed by atoms with E-state index in [0.717, 1.165) is 5.56 Å². The summed E-state index contributed by atoms with van der Waals surface area (Å²) in [5.74, 6) is -0.813. The van der Waals surface area contributed by atoms with Gasteiger partial charge in [0.05, 0.1) is 0 Å². The molecule has 0 saturated heterocycles. The molecule has 1 atom stereocenters. The van der Waals surface area contributed by atoms with Gasteiger partial charge in [0.15, 0.2) is 5.66 Å². The van der Waals surface area contributed by atoms with Crippen LogP contribution in [0.4, 0.5) is 0 Å². The largest absolute Gasteiger partial charge is 0.481 e. The summed E-state index contributed by atoms with van der Waals surface area (Å²) in [5.41, 5.74) is 0.329. The van der Waals surface area contributed by atoms with Crippen molar-refractivity contribution in [3.63, 3.8) is 0 Å². The molecule has 2 rings (SSSR count). The molecule has 4 nitrogen and oxygen atoms in total. The fraction of sp³-hybridized carbons (Fsp3) is 0.231. The molecule has 4 heteroatoms. The number of carboxylic acid groups (broad SMARTS) is 1. The van der Waals surface area contributed by atoms with E-state index in [0.29, 0.717) is 6.42 Å². The normalized spacial score (nSPS) is 22.1. The highest BCUT2D eigenvalue weighted by Gasteiger charge is 2.31. The van der Waals surface area contributed by atoms with Crippen LogP contribution in [-0.4, -0.2) is 17.3 Å². The van der Waals surface area contributed by atoms with E-state index in [9.17, 15) is 4.79 Å². The standard InChI is InChI=1S/C13H14N2O2/c16-12(17)7-8-13(14-9-4-10-15-13)11-5-2-1-3-6-11/h1-6,9-10,14H,7-8H2,(H,16,17). The van der Waals surface area contributed by atoms with Gasteiger partial charge < -0.3 is 10.4 Å². The molecule has 1 heterocycles. The van der Waals surface area contributed by atoms with E-state index in [-0.39, 0.29) is 6.42 Å². The van der Waals surface area contributed by atoms with E-state index in [1.807, 2.05) is 30.3 Å². The van der Waals surface area contributed by atoms with Crippen molar-refractivity contribution in [3.05, 3.63) is 48.2 Å². The van der Waals surface area contributed by atoms with Gasteiger partial charge in [-0.15, -0.1) is 0 Å². The number of allylic oxidation sites excluding steroid dienone is 1. The van der Waals surface area contributed by atoms with Crippen molar-refractivity contribution in [2.45, 2.75) is 18.5 Å². The van der Waals surface area contributed by atoms with Crippen molar-refractivity contribution < 1.29 is 9.90 Å². The Balaban J connectivity index is 2.28. The molecule has 0 spiro atoms. The third-order valence-corrected chi connectivity index (χ3v) is 2.75. The maximum atomic E-state index is 10.7. The Kier molecular flexibility index (Phi) is 3.23. The summed E-state index contributed by atoms with van der Waals surface area (Å²) in [7, 11) is 0. The number of nitrogens with one attached hydrogen (secondary N) is 1. The molecule has 2 N–H and O–H groups in total. The van der Waals surface area contributed by atoms with E-state index in [1.54, 1.807) is 18.5 Å². The zero-order chi connectivity index (χ0) is 12.1. The molecule has 0 aromatic heterocycles. The quantitative estimate of drug-likeness (QED) is 0.830. The van der Waals surface area contributed by atoms with E-state index < -0.39 is 11.6 Å². The number of carbonyl (C=O) groups is 1. The Labute approximate surface area is 99.7 Å². The molecule has 0 amide bonds. The number of rotatable bonds is 4. The molecule has 0 bridgehead atoms. The Morgan fingerprint density at radius 2 is 2.12 bits per heavy atom. The molecule has 17 heavy (non-hydrogen) atoms. The molecular weight excluding hydrogens is 216 g/mol. The lowest BCUT2D eigenvalue weighted by molar-refractivity contribution is -0.137. The highest BCUT2D eigenvalue weighted by molar-refractivity contribution is 5.73. The number of hydrogen-bond acceptors (Lipinski definition) is 3. The van der Waals surface area contributed by atoms with Crippen molar-refractivity contribution in [1.29, 1.82) is 0 Å². The monoisotopic (exact) mass is 230 g/mol. The topological polar surface area (TPSA) is 61.7 Å². The lowest BCUT2D eigenvalue weighted by atomic mass is 9.94. The Morgan fingerprint density at radius 3 is 2.71 bits per heavy atom. The van der Waals surface area contributed by atoms with Gasteiger partial charge in [-0.1, -0.05) is 30.3 Å². The fourth-order valence-corrected chi connectivity index (χ4v) is 1.88. The van der Waals surface area contributed by atoms with E-state index >= 15 is 0 Å². The first-order valence-electron chi connectivity index (χ1n) is 5.48. The van der Waals surface area contributed by atoms with Crippen LogP contribution in [0, 0.1) is 0 Å². The summed E-state index contributed by atoms with van der Waals surface area (Å²) in [4.78, 5) is 15.1. The molecule has 1 unspecified atom stereocenters. The van der Waals surface area contributed by atoms with Crippen LogP contribution in [0.3, 0.4) is 0 Å². The van der Waals surface area contributed by atoms with Gasteiger partial charge in [-0.05, 0) is 11.6 Å². The Hall–Kier alpha value is -2.10. The van der Waals surface area contributed by atoms with Gasteiger partial charge in [0.1, 0.15) is 0 Å². The van der Waals surface area contributed by atoms with Gasteiger partial charge in [-0.2, -0.15) is 0 Å². The minimum absolute atomic E-state index is 0.0765. The van der Waals surface area contributed by atoms with Crippen LogP contribution in [0.2, 0.25) is 0 Å². The molecule has 1 aliphatic heterocycles. The van der Waals surface area contributed by atoms with Crippen LogP contribution in [0.1, 0.15) is 18.4 Å². The van der Waals surface area contributed by atoms with Gasteiger partial charge in [0, 0.05) is 25.3 Å². The number of hydrogen-bond donors (Lipinski definition) is 2. The summed E-state index contributed by atoms with van der Waals surface area (Å²) in [6, 6.07) is 9.67. The van der Waals surface area contributed by atoms with Gasteiger partial charge in [-0.3, -0.25) is 9.79 Å². The molecule has 0 aliphatic carbocycles. The second-order valence-electron chi connectivity index (χ2n) is 3.90. The number of carboxylic acids is 1. The second-order valence-corrected chi connectivity index (χ2v) is 3.90. The van der Waals surface area contributed by atoms with E-state index in [2.05, 4.69) is 10.3 Å². The number of nitrogens with zero attached hydrogens (tertiary/aromatic N) is 1. The van der Waals surface area contributed by atoms with Crippen molar-refractivity contribution in [2.75, 3.05) is 0 Å². The molecular formula is C13H14N2O2. The van der Waals surface area contributed by atoms with Gasteiger partial charge in [0.2, 0.25) is 0 Å². The highest BCUT2D eigenvalue weighted by atomic mass is 16.4. The van der Waals surface area contributed by atoms with Gasteiger partial charge in [0.25, 0.3) is 0 Å². The van der Waals surface area contributed by atoms with Gasteiger partial charge >= 0.3 is 5.97 Å². The molecule has 0 radical (unpaired) electrons. The van der Waals surface area contributed by atoms with Crippen LogP contribution in [0.25, 0.3) is 0 Å². The summed E-state index contributed by atoms with van der Waals surface area (Å²) in [5, 5.41) is 12.0. The maximum absolute atomic E-state index is 10.7. The molecule has 1 aromatic rings. The number of aliphatic imine (C=N–C) groups is 1. The minimum atomic E-state index is -0.813. The fourth-order valence-electron chi connectivity index (χ4n) is 1.88. The predicted octanol–water partition coefficient (Wildman–Crippen LogP) is 1.89. The van der Waals surface area contributed by atoms with E-state index in [4.69, 9.17) is 5.11 Å². The SMILES string of the molecule is O=C(O)CCC1(c2ccccc2)N=CC=CN1. The van der Waals surface area contributed by atoms with Crippen LogP contribution < -0.4 is 5.32 Å². The highest BCUT2D eigenvalue weighted by Crippen LogP contribution is 2.29. The van der Waals surface area contributed by atoms with Crippen LogP contribution in [0.5, 0.6) is 0 Å².